The van der Waals surface area contributed by atoms with Gasteiger partial charge in [-0.25, -0.2) is 0 Å². The summed E-state index contributed by atoms with van der Waals surface area (Å²) in [6.45, 7) is 0. The molecule has 0 heterocycles. The summed E-state index contributed by atoms with van der Waals surface area (Å²) in [6, 6.07) is 0. The molecule has 0 amide bonds. The van der Waals surface area contributed by atoms with E-state index >= 15 is 0 Å². The van der Waals surface area contributed by atoms with Gasteiger partial charge in [0.2, 0.25) is 0 Å². The number of hydrogen-bond acceptors (Lipinski definition) is 1. The summed E-state index contributed by atoms with van der Waals surface area (Å²) < 4.78 is 8.34. The molecular weight excluding hydrogens is 174 g/mol. The van der Waals surface area contributed by atoms with Crippen molar-refractivity contribution in [3.63, 3.8) is 0 Å². The molecule has 0 spiro atoms. The van der Waals surface area contributed by atoms with Gasteiger partial charge in [-0.1, -0.05) is 0 Å². The molecule has 2 N–H and O–H groups in total. The summed E-state index contributed by atoms with van der Waals surface area (Å²) in [5.74, 6) is 0. The molecule has 0 aromatic carbocycles. The van der Waals surface area contributed by atoms with Crippen molar-refractivity contribution in [1.82, 2.24) is 0 Å². The van der Waals surface area contributed by atoms with Crippen LogP contribution in [0.25, 0.3) is 0 Å². The predicted octanol–water partition coefficient (Wildman–Crippen LogP) is -4.21. The van der Waals surface area contributed by atoms with Gasteiger partial charge in [0.15, 0.2) is 0 Å². The fraction of sp³-hybridized carbons (Fsp3) is 0. The third-order valence-corrected chi connectivity index (χ3v) is 0. The second kappa shape index (κ2) is 23.8. The van der Waals surface area contributed by atoms with Crippen LogP contribution in [0, 0.1) is 0 Å². The fourth-order valence-corrected chi connectivity index (χ4v) is 0. The van der Waals surface area contributed by atoms with Gasteiger partial charge in [-0.05, 0) is 0 Å². The summed E-state index contributed by atoms with van der Waals surface area (Å²) >= 11 is 0.300. The van der Waals surface area contributed by atoms with Crippen molar-refractivity contribution in [2.45, 2.75) is 0 Å². The standard InChI is InChI=1S/Na.H2O.O.Sn.H/h;1H2;;;/q+1;;;;-1. The zero-order valence-electron chi connectivity index (χ0n) is 3.41. The van der Waals surface area contributed by atoms with Gasteiger partial charge in [-0.2, -0.15) is 0 Å². The van der Waals surface area contributed by atoms with Crippen LogP contribution in [0.5, 0.6) is 0 Å². The Balaban J connectivity index is -0.00000000167. The van der Waals surface area contributed by atoms with Gasteiger partial charge < -0.3 is 6.90 Å². The summed E-state index contributed by atoms with van der Waals surface area (Å²) in [6.07, 6.45) is 0. The molecule has 0 aromatic heterocycles. The minimum atomic E-state index is 0. The van der Waals surface area contributed by atoms with Crippen LogP contribution in [0.2, 0.25) is 0 Å². The van der Waals surface area contributed by atoms with Crippen molar-refractivity contribution in [3.8, 4) is 0 Å². The van der Waals surface area contributed by atoms with Crippen LogP contribution in [-0.2, 0) is 3.08 Å². The van der Waals surface area contributed by atoms with Crippen LogP contribution in [0.4, 0.5) is 0 Å². The summed E-state index contributed by atoms with van der Waals surface area (Å²) in [4.78, 5) is 0. The van der Waals surface area contributed by atoms with E-state index in [-0.39, 0.29) is 36.5 Å². The predicted molar refractivity (Wildman–Crippen MR) is 11.2 cm³/mol. The molecule has 4 heavy (non-hydrogen) atoms. The fourth-order valence-electron chi connectivity index (χ4n) is 0. The van der Waals surface area contributed by atoms with Crippen molar-refractivity contribution < 1.29 is 39.5 Å². The maximum atomic E-state index is 8.34. The molecule has 0 aliphatic rings. The molecule has 2 radical (unpaired) electrons. The van der Waals surface area contributed by atoms with Gasteiger partial charge >= 0.3 is 55.1 Å². The Labute approximate surface area is 61.5 Å². The van der Waals surface area contributed by atoms with Crippen LogP contribution in [-0.4, -0.2) is 28.0 Å². The molecule has 0 unspecified atom stereocenters. The van der Waals surface area contributed by atoms with E-state index in [0.29, 0.717) is 22.5 Å². The van der Waals surface area contributed by atoms with E-state index in [4.69, 9.17) is 3.08 Å². The Morgan fingerprint density at radius 1 is 1.50 bits per heavy atom. The molecule has 0 bridgehead atoms. The normalized spacial score (nSPS) is 1.00. The Morgan fingerprint density at radius 2 is 1.50 bits per heavy atom. The molecule has 0 fully saturated rings. The second-order valence-corrected chi connectivity index (χ2v) is 0. The van der Waals surface area contributed by atoms with Crippen molar-refractivity contribution in [2.75, 3.05) is 0 Å². The third-order valence-electron chi connectivity index (χ3n) is 0. The van der Waals surface area contributed by atoms with Crippen molar-refractivity contribution >= 4 is 22.5 Å². The zero-order chi connectivity index (χ0) is 2.00. The van der Waals surface area contributed by atoms with Crippen LogP contribution >= 0.6 is 0 Å². The van der Waals surface area contributed by atoms with Gasteiger partial charge in [0.05, 0.1) is 0 Å². The van der Waals surface area contributed by atoms with Crippen molar-refractivity contribution in [3.05, 3.63) is 0 Å². The molecule has 0 saturated carbocycles. The van der Waals surface area contributed by atoms with Gasteiger partial charge in [-0.15, -0.1) is 0 Å². The summed E-state index contributed by atoms with van der Waals surface area (Å²) in [7, 11) is 0. The topological polar surface area (TPSA) is 48.6 Å². The molecule has 0 rings (SSSR count). The molecular formula is H3NaO2Sn. The molecule has 0 aliphatic heterocycles. The first-order chi connectivity index (χ1) is 1.00. The van der Waals surface area contributed by atoms with Gasteiger partial charge in [-0.3, -0.25) is 0 Å². The van der Waals surface area contributed by atoms with Crippen molar-refractivity contribution in [1.29, 1.82) is 0 Å². The van der Waals surface area contributed by atoms with E-state index in [9.17, 15) is 0 Å². The van der Waals surface area contributed by atoms with E-state index in [1.54, 1.807) is 0 Å². The molecule has 0 aliphatic carbocycles. The van der Waals surface area contributed by atoms with Crippen molar-refractivity contribution in [2.24, 2.45) is 0 Å². The summed E-state index contributed by atoms with van der Waals surface area (Å²) in [5.41, 5.74) is 0. The molecule has 2 nitrogen and oxygen atoms in total. The van der Waals surface area contributed by atoms with Gasteiger partial charge in [0.25, 0.3) is 0 Å². The molecule has 0 aromatic rings. The van der Waals surface area contributed by atoms with E-state index in [0.717, 1.165) is 0 Å². The van der Waals surface area contributed by atoms with Crippen LogP contribution in [0.1, 0.15) is 1.43 Å². The second-order valence-electron chi connectivity index (χ2n) is 0. The van der Waals surface area contributed by atoms with Crippen LogP contribution in [0.15, 0.2) is 0 Å². The van der Waals surface area contributed by atoms with E-state index in [1.165, 1.54) is 0 Å². The SMILES string of the molecule is O.[H-].[Na+].[O]=[Sn]. The minimum absolute atomic E-state index is 0. The first-order valence-corrected chi connectivity index (χ1v) is 1.37. The van der Waals surface area contributed by atoms with Crippen LogP contribution in [0.3, 0.4) is 0 Å². The average Bonchev–Trinajstić information content (AvgIpc) is 1.00. The Morgan fingerprint density at radius 3 is 1.50 bits per heavy atom. The Bertz CT molecular complexity index is 9.61. The average molecular weight is 177 g/mol. The Hall–Kier alpha value is 1.56. The Kier molecular flexibility index (Phi) is 105. The quantitative estimate of drug-likeness (QED) is 0.346. The van der Waals surface area contributed by atoms with Gasteiger partial charge in [0, 0.05) is 0 Å². The first kappa shape index (κ1) is 17.6. The summed E-state index contributed by atoms with van der Waals surface area (Å²) in [5, 5.41) is 0. The zero-order valence-corrected chi connectivity index (χ0v) is 7.26. The van der Waals surface area contributed by atoms with Crippen LogP contribution < -0.4 is 29.6 Å². The van der Waals surface area contributed by atoms with E-state index in [2.05, 4.69) is 0 Å². The molecule has 4 heteroatoms. The molecule has 0 saturated heterocycles. The first-order valence-electron chi connectivity index (χ1n) is 0.204. The molecule has 20 valence electrons. The maximum absolute atomic E-state index is 8.34. The van der Waals surface area contributed by atoms with E-state index in [1.807, 2.05) is 0 Å². The monoisotopic (exact) mass is 178 g/mol. The third kappa shape index (κ3) is 9.59. The number of hydrogen-bond donors (Lipinski definition) is 0. The van der Waals surface area contributed by atoms with Gasteiger partial charge in [0.1, 0.15) is 0 Å². The van der Waals surface area contributed by atoms with E-state index < -0.39 is 0 Å². The number of rotatable bonds is 0. The molecule has 0 atom stereocenters.